The maximum Gasteiger partial charge on any atom is 0.256 e. The number of aryl methyl sites for hydroxylation is 1. The molecule has 0 saturated heterocycles. The lowest BCUT2D eigenvalue weighted by Crippen LogP contribution is -2.13. The molecule has 0 unspecified atom stereocenters. The molecular weight excluding hydrogens is 430 g/mol. The van der Waals surface area contributed by atoms with Crippen LogP contribution in [0.2, 0.25) is 0 Å². The van der Waals surface area contributed by atoms with Gasteiger partial charge in [-0.05, 0) is 41.8 Å². The zero-order valence-electron chi connectivity index (χ0n) is 16.5. The van der Waals surface area contributed by atoms with Crippen LogP contribution in [0.1, 0.15) is 22.1 Å². The van der Waals surface area contributed by atoms with Crippen molar-refractivity contribution in [3.05, 3.63) is 77.3 Å². The zero-order valence-corrected chi connectivity index (χ0v) is 18.1. The molecule has 0 aliphatic carbocycles. The van der Waals surface area contributed by atoms with Gasteiger partial charge in [-0.15, -0.1) is 23.1 Å². The van der Waals surface area contributed by atoms with Gasteiger partial charge in [0.15, 0.2) is 5.82 Å². The molecule has 3 heterocycles. The van der Waals surface area contributed by atoms with Crippen molar-refractivity contribution in [2.24, 2.45) is 0 Å². The first-order valence-corrected chi connectivity index (χ1v) is 11.4. The Hall–Kier alpha value is -3.43. The fourth-order valence-corrected chi connectivity index (χ4v) is 4.70. The van der Waals surface area contributed by atoms with Crippen molar-refractivity contribution >= 4 is 45.7 Å². The average Bonchev–Trinajstić information content (AvgIpc) is 3.52. The quantitative estimate of drug-likeness (QED) is 0.332. The number of hydrogen-bond acceptors (Lipinski definition) is 7. The van der Waals surface area contributed by atoms with Crippen LogP contribution in [-0.2, 0) is 5.75 Å². The molecule has 0 radical (unpaired) electrons. The molecule has 5 aromatic rings. The second-order valence-corrected chi connectivity index (χ2v) is 8.73. The van der Waals surface area contributed by atoms with E-state index in [1.54, 1.807) is 18.3 Å². The second kappa shape index (κ2) is 8.37. The van der Waals surface area contributed by atoms with Crippen molar-refractivity contribution in [1.29, 1.82) is 0 Å². The molecule has 2 N–H and O–H groups in total. The van der Waals surface area contributed by atoms with E-state index in [0.29, 0.717) is 28.7 Å². The Bertz CT molecular complexity index is 1360. The summed E-state index contributed by atoms with van der Waals surface area (Å²) >= 11 is 3.12. The van der Waals surface area contributed by atoms with Crippen molar-refractivity contribution in [3.63, 3.8) is 0 Å². The van der Waals surface area contributed by atoms with Gasteiger partial charge in [0.25, 0.3) is 5.91 Å². The number of amides is 1. The van der Waals surface area contributed by atoms with Gasteiger partial charge in [0.1, 0.15) is 5.82 Å². The van der Waals surface area contributed by atoms with Gasteiger partial charge < -0.3 is 14.8 Å². The minimum absolute atomic E-state index is 0.176. The third kappa shape index (κ3) is 4.23. The van der Waals surface area contributed by atoms with E-state index in [1.807, 2.05) is 60.0 Å². The van der Waals surface area contributed by atoms with Crippen LogP contribution in [0.15, 0.2) is 69.4 Å². The molecule has 154 valence electrons. The van der Waals surface area contributed by atoms with Gasteiger partial charge >= 0.3 is 0 Å². The molecule has 3 aromatic heterocycles. The van der Waals surface area contributed by atoms with Crippen LogP contribution in [0.4, 0.5) is 5.69 Å². The smallest absolute Gasteiger partial charge is 0.256 e. The van der Waals surface area contributed by atoms with Crippen molar-refractivity contribution in [1.82, 2.24) is 20.1 Å². The number of thiophene rings is 1. The number of nitrogens with one attached hydrogen (secondary N) is 2. The first kappa shape index (κ1) is 19.5. The highest BCUT2D eigenvalue weighted by Crippen LogP contribution is 2.28. The van der Waals surface area contributed by atoms with Crippen LogP contribution < -0.4 is 5.32 Å². The SMILES string of the molecule is Cc1nc(CSc2ccccc2C(=O)Nc2ccc3nc(-c4cccs4)[nH]c3c2)no1. The zero-order chi connectivity index (χ0) is 21.2. The Labute approximate surface area is 185 Å². The number of benzene rings is 2. The summed E-state index contributed by atoms with van der Waals surface area (Å²) in [6.07, 6.45) is 0. The Morgan fingerprint density at radius 2 is 2.06 bits per heavy atom. The van der Waals surface area contributed by atoms with E-state index >= 15 is 0 Å². The number of anilines is 1. The van der Waals surface area contributed by atoms with Gasteiger partial charge in [0.2, 0.25) is 5.89 Å². The molecule has 0 atom stereocenters. The van der Waals surface area contributed by atoms with Gasteiger partial charge in [0.05, 0.1) is 27.2 Å². The standard InChI is InChI=1S/C22H17N5O2S2/c1-13-23-20(27-29-13)12-31-18-6-3-2-5-15(18)22(28)24-14-8-9-16-17(11-14)26-21(25-16)19-7-4-10-30-19/h2-11H,12H2,1H3,(H,24,28)(H,25,26). The summed E-state index contributed by atoms with van der Waals surface area (Å²) in [7, 11) is 0. The summed E-state index contributed by atoms with van der Waals surface area (Å²) in [5.41, 5.74) is 3.02. The monoisotopic (exact) mass is 447 g/mol. The van der Waals surface area contributed by atoms with E-state index in [0.717, 1.165) is 26.6 Å². The maximum absolute atomic E-state index is 13.0. The van der Waals surface area contributed by atoms with Crippen molar-refractivity contribution in [2.75, 3.05) is 5.32 Å². The Balaban J connectivity index is 1.34. The molecule has 0 fully saturated rings. The molecule has 5 rings (SSSR count). The van der Waals surface area contributed by atoms with Gasteiger partial charge in [0, 0.05) is 17.5 Å². The van der Waals surface area contributed by atoms with E-state index in [2.05, 4.69) is 25.4 Å². The minimum atomic E-state index is -0.176. The number of carbonyl (C=O) groups is 1. The topological polar surface area (TPSA) is 96.7 Å². The summed E-state index contributed by atoms with van der Waals surface area (Å²) in [5, 5.41) is 8.91. The number of imidazole rings is 1. The van der Waals surface area contributed by atoms with E-state index < -0.39 is 0 Å². The number of nitrogens with zero attached hydrogens (tertiary/aromatic N) is 3. The number of H-pyrrole nitrogens is 1. The molecule has 0 bridgehead atoms. The maximum atomic E-state index is 13.0. The van der Waals surface area contributed by atoms with E-state index in [-0.39, 0.29) is 5.91 Å². The molecule has 2 aromatic carbocycles. The lowest BCUT2D eigenvalue weighted by molar-refractivity contribution is 0.102. The normalized spacial score (nSPS) is 11.1. The van der Waals surface area contributed by atoms with E-state index in [9.17, 15) is 4.79 Å². The molecule has 0 aliphatic heterocycles. The third-order valence-electron chi connectivity index (χ3n) is 4.55. The number of aromatic nitrogens is 4. The fraction of sp³-hybridized carbons (Fsp3) is 0.0909. The second-order valence-electron chi connectivity index (χ2n) is 6.76. The van der Waals surface area contributed by atoms with Crippen LogP contribution >= 0.6 is 23.1 Å². The predicted molar refractivity (Wildman–Crippen MR) is 122 cm³/mol. The Morgan fingerprint density at radius 1 is 1.16 bits per heavy atom. The van der Waals surface area contributed by atoms with Gasteiger partial charge in [-0.2, -0.15) is 4.98 Å². The third-order valence-corrected chi connectivity index (χ3v) is 6.50. The molecule has 1 amide bonds. The summed E-state index contributed by atoms with van der Waals surface area (Å²) in [5.74, 6) is 2.30. The average molecular weight is 448 g/mol. The van der Waals surface area contributed by atoms with Crippen LogP contribution in [0.3, 0.4) is 0 Å². The minimum Gasteiger partial charge on any atom is -0.340 e. The highest BCUT2D eigenvalue weighted by atomic mass is 32.2. The molecule has 31 heavy (non-hydrogen) atoms. The Morgan fingerprint density at radius 3 is 2.87 bits per heavy atom. The summed E-state index contributed by atoms with van der Waals surface area (Å²) in [4.78, 5) is 27.1. The summed E-state index contributed by atoms with van der Waals surface area (Å²) < 4.78 is 5.01. The number of thioether (sulfide) groups is 1. The van der Waals surface area contributed by atoms with E-state index in [1.165, 1.54) is 11.8 Å². The van der Waals surface area contributed by atoms with Gasteiger partial charge in [-0.3, -0.25) is 4.79 Å². The lowest BCUT2D eigenvalue weighted by atomic mass is 10.2. The molecule has 0 saturated carbocycles. The number of carbonyl (C=O) groups excluding carboxylic acids is 1. The van der Waals surface area contributed by atoms with Crippen LogP contribution in [0.25, 0.3) is 21.7 Å². The van der Waals surface area contributed by atoms with E-state index in [4.69, 9.17) is 4.52 Å². The molecule has 7 nitrogen and oxygen atoms in total. The van der Waals surface area contributed by atoms with Gasteiger partial charge in [-0.1, -0.05) is 23.4 Å². The summed E-state index contributed by atoms with van der Waals surface area (Å²) in [6.45, 7) is 1.75. The number of fused-ring (bicyclic) bond motifs is 1. The molecule has 0 spiro atoms. The number of hydrogen-bond donors (Lipinski definition) is 2. The first-order chi connectivity index (χ1) is 15.2. The van der Waals surface area contributed by atoms with Crippen LogP contribution in [0, 0.1) is 6.92 Å². The highest BCUT2D eigenvalue weighted by molar-refractivity contribution is 7.98. The number of aromatic amines is 1. The molecule has 0 aliphatic rings. The predicted octanol–water partition coefficient (Wildman–Crippen LogP) is 5.53. The summed E-state index contributed by atoms with van der Waals surface area (Å²) in [6, 6.07) is 17.2. The molecular formula is C22H17N5O2S2. The lowest BCUT2D eigenvalue weighted by Gasteiger charge is -2.09. The van der Waals surface area contributed by atoms with Crippen LogP contribution in [-0.4, -0.2) is 26.0 Å². The Kier molecular flexibility index (Phi) is 5.27. The van der Waals surface area contributed by atoms with Crippen molar-refractivity contribution in [3.8, 4) is 10.7 Å². The van der Waals surface area contributed by atoms with Crippen molar-refractivity contribution < 1.29 is 9.32 Å². The van der Waals surface area contributed by atoms with Crippen LogP contribution in [0.5, 0.6) is 0 Å². The van der Waals surface area contributed by atoms with Crippen molar-refractivity contribution in [2.45, 2.75) is 17.6 Å². The number of rotatable bonds is 6. The molecule has 9 heteroatoms. The fourth-order valence-electron chi connectivity index (χ4n) is 3.14. The van der Waals surface area contributed by atoms with Gasteiger partial charge in [-0.25, -0.2) is 4.98 Å². The highest BCUT2D eigenvalue weighted by Gasteiger charge is 2.14. The first-order valence-electron chi connectivity index (χ1n) is 9.52. The largest absolute Gasteiger partial charge is 0.340 e.